The molecule has 0 rings (SSSR count). The van der Waals surface area contributed by atoms with E-state index in [9.17, 15) is 0 Å². The molecule has 17 heavy (non-hydrogen) atoms. The van der Waals surface area contributed by atoms with Crippen LogP contribution in [-0.4, -0.2) is 36.1 Å². The van der Waals surface area contributed by atoms with Gasteiger partial charge in [-0.25, -0.2) is 0 Å². The molecule has 1 N–H and O–H groups in total. The van der Waals surface area contributed by atoms with Gasteiger partial charge < -0.3 is 5.32 Å². The molecule has 0 radical (unpaired) electrons. The summed E-state index contributed by atoms with van der Waals surface area (Å²) in [6.45, 7) is 19.0. The monoisotopic (exact) mass is 240 g/mol. The van der Waals surface area contributed by atoms with Gasteiger partial charge in [-0.05, 0) is 46.8 Å². The van der Waals surface area contributed by atoms with E-state index in [1.54, 1.807) is 0 Å². The fourth-order valence-electron chi connectivity index (χ4n) is 2.60. The first-order valence-corrected chi connectivity index (χ1v) is 7.09. The summed E-state index contributed by atoms with van der Waals surface area (Å²) in [5.74, 6) is 0. The molecule has 0 spiro atoms. The summed E-state index contributed by atoms with van der Waals surface area (Å²) in [5.41, 5.74) is 1.60. The van der Waals surface area contributed by atoms with E-state index in [1.807, 2.05) is 0 Å². The summed E-state index contributed by atoms with van der Waals surface area (Å²) < 4.78 is 0. The minimum absolute atomic E-state index is 0.205. The van der Waals surface area contributed by atoms with Crippen LogP contribution in [0.2, 0.25) is 0 Å². The fourth-order valence-corrected chi connectivity index (χ4v) is 2.60. The smallest absolute Gasteiger partial charge is 0.0436 e. The van der Waals surface area contributed by atoms with Crippen LogP contribution >= 0.6 is 0 Å². The van der Waals surface area contributed by atoms with E-state index in [0.29, 0.717) is 6.04 Å². The zero-order valence-corrected chi connectivity index (χ0v) is 12.9. The third-order valence-electron chi connectivity index (χ3n) is 3.80. The van der Waals surface area contributed by atoms with Gasteiger partial charge in [-0.3, -0.25) is 4.90 Å². The zero-order valence-electron chi connectivity index (χ0n) is 12.9. The van der Waals surface area contributed by atoms with Crippen LogP contribution in [0.15, 0.2) is 11.6 Å². The van der Waals surface area contributed by atoms with Crippen molar-refractivity contribution in [2.45, 2.75) is 66.5 Å². The van der Waals surface area contributed by atoms with E-state index in [2.05, 4.69) is 64.8 Å². The zero-order chi connectivity index (χ0) is 13.5. The van der Waals surface area contributed by atoms with Gasteiger partial charge >= 0.3 is 0 Å². The lowest BCUT2D eigenvalue weighted by Gasteiger charge is -2.45. The summed E-state index contributed by atoms with van der Waals surface area (Å²) >= 11 is 0. The summed E-state index contributed by atoms with van der Waals surface area (Å²) in [6, 6.07) is 0.433. The Morgan fingerprint density at radius 2 is 1.71 bits per heavy atom. The quantitative estimate of drug-likeness (QED) is 0.654. The number of rotatable bonds is 8. The molecule has 0 aromatic carbocycles. The predicted octanol–water partition coefficient (Wildman–Crippen LogP) is 3.44. The van der Waals surface area contributed by atoms with Crippen LogP contribution in [0.25, 0.3) is 0 Å². The topological polar surface area (TPSA) is 15.3 Å². The molecule has 2 nitrogen and oxygen atoms in total. The molecule has 0 fully saturated rings. The van der Waals surface area contributed by atoms with E-state index >= 15 is 0 Å². The van der Waals surface area contributed by atoms with Crippen LogP contribution in [0.3, 0.4) is 0 Å². The molecule has 2 heteroatoms. The van der Waals surface area contributed by atoms with Gasteiger partial charge in [0.05, 0.1) is 0 Å². The largest absolute Gasteiger partial charge is 0.309 e. The summed E-state index contributed by atoms with van der Waals surface area (Å²) in [7, 11) is 0. The maximum absolute atomic E-state index is 3.64. The molecular formula is C15H32N2. The van der Waals surface area contributed by atoms with E-state index in [4.69, 9.17) is 0 Å². The Morgan fingerprint density at radius 1 is 1.18 bits per heavy atom. The summed E-state index contributed by atoms with van der Waals surface area (Å²) in [6.07, 6.45) is 3.54. The highest BCUT2D eigenvalue weighted by molar-refractivity contribution is 5.11. The molecule has 0 aliphatic heterocycles. The Kier molecular flexibility index (Phi) is 7.73. The molecule has 0 heterocycles. The SMILES string of the molecule is CCNC(C=C(C)C)C(C)(CC)N(CC)CC. The number of likely N-dealkylation sites (N-methyl/N-ethyl adjacent to an activating group) is 2. The van der Waals surface area contributed by atoms with Crippen molar-refractivity contribution in [3.63, 3.8) is 0 Å². The highest BCUT2D eigenvalue weighted by Crippen LogP contribution is 2.25. The van der Waals surface area contributed by atoms with Crippen LogP contribution in [0.1, 0.15) is 54.9 Å². The second-order valence-electron chi connectivity index (χ2n) is 5.16. The Morgan fingerprint density at radius 3 is 2.00 bits per heavy atom. The second-order valence-corrected chi connectivity index (χ2v) is 5.16. The maximum atomic E-state index is 3.64. The van der Waals surface area contributed by atoms with Crippen molar-refractivity contribution in [3.8, 4) is 0 Å². The molecular weight excluding hydrogens is 208 g/mol. The molecule has 0 aliphatic rings. The Balaban J connectivity index is 5.16. The molecule has 2 atom stereocenters. The standard InChI is InChI=1S/C15H32N2/c1-8-15(7,17(10-3)11-4)14(16-9-2)12-13(5)6/h12,14,16H,8-11H2,1-7H3. The first-order chi connectivity index (χ1) is 7.96. The average molecular weight is 240 g/mol. The van der Waals surface area contributed by atoms with Gasteiger partial charge in [0.2, 0.25) is 0 Å². The molecule has 2 unspecified atom stereocenters. The van der Waals surface area contributed by atoms with Crippen molar-refractivity contribution in [3.05, 3.63) is 11.6 Å². The van der Waals surface area contributed by atoms with Crippen molar-refractivity contribution in [1.29, 1.82) is 0 Å². The van der Waals surface area contributed by atoms with Gasteiger partial charge in [0.1, 0.15) is 0 Å². The van der Waals surface area contributed by atoms with Gasteiger partial charge in [0.15, 0.2) is 0 Å². The molecule has 0 saturated carbocycles. The highest BCUT2D eigenvalue weighted by Gasteiger charge is 2.35. The van der Waals surface area contributed by atoms with Crippen molar-refractivity contribution in [1.82, 2.24) is 10.2 Å². The second kappa shape index (κ2) is 7.88. The van der Waals surface area contributed by atoms with Crippen LogP contribution in [0, 0.1) is 0 Å². The highest BCUT2D eigenvalue weighted by atomic mass is 15.2. The molecule has 0 aromatic rings. The van der Waals surface area contributed by atoms with E-state index in [-0.39, 0.29) is 5.54 Å². The van der Waals surface area contributed by atoms with E-state index in [1.165, 1.54) is 5.57 Å². The first-order valence-electron chi connectivity index (χ1n) is 7.09. The lowest BCUT2D eigenvalue weighted by molar-refractivity contribution is 0.0867. The third-order valence-corrected chi connectivity index (χ3v) is 3.80. The molecule has 0 aliphatic carbocycles. The van der Waals surface area contributed by atoms with E-state index < -0.39 is 0 Å². The van der Waals surface area contributed by atoms with Crippen molar-refractivity contribution < 1.29 is 0 Å². The molecule has 0 aromatic heterocycles. The normalized spacial score (nSPS) is 16.7. The molecule has 102 valence electrons. The molecule has 0 bridgehead atoms. The minimum atomic E-state index is 0.205. The number of hydrogen-bond acceptors (Lipinski definition) is 2. The van der Waals surface area contributed by atoms with Crippen molar-refractivity contribution in [2.24, 2.45) is 0 Å². The minimum Gasteiger partial charge on any atom is -0.309 e. The van der Waals surface area contributed by atoms with Gasteiger partial charge in [-0.15, -0.1) is 0 Å². The molecule has 0 amide bonds. The number of hydrogen-bond donors (Lipinski definition) is 1. The Labute approximate surface area is 108 Å². The molecule has 0 saturated heterocycles. The van der Waals surface area contributed by atoms with Crippen molar-refractivity contribution >= 4 is 0 Å². The van der Waals surface area contributed by atoms with Gasteiger partial charge in [0, 0.05) is 11.6 Å². The van der Waals surface area contributed by atoms with Crippen LogP contribution in [-0.2, 0) is 0 Å². The summed E-state index contributed by atoms with van der Waals surface area (Å²) in [4.78, 5) is 2.57. The Hall–Kier alpha value is -0.340. The van der Waals surface area contributed by atoms with Crippen LogP contribution in [0.4, 0.5) is 0 Å². The average Bonchev–Trinajstić information content (AvgIpc) is 2.29. The third kappa shape index (κ3) is 4.44. The van der Waals surface area contributed by atoms with Crippen LogP contribution in [0.5, 0.6) is 0 Å². The van der Waals surface area contributed by atoms with Gasteiger partial charge in [-0.2, -0.15) is 0 Å². The van der Waals surface area contributed by atoms with Gasteiger partial charge in [-0.1, -0.05) is 39.3 Å². The van der Waals surface area contributed by atoms with Crippen molar-refractivity contribution in [2.75, 3.05) is 19.6 Å². The number of allylic oxidation sites excluding steroid dienone is 1. The Bertz CT molecular complexity index is 227. The van der Waals surface area contributed by atoms with Gasteiger partial charge in [0.25, 0.3) is 0 Å². The fraction of sp³-hybridized carbons (Fsp3) is 0.867. The summed E-state index contributed by atoms with van der Waals surface area (Å²) in [5, 5.41) is 3.64. The predicted molar refractivity (Wildman–Crippen MR) is 78.5 cm³/mol. The number of nitrogens with zero attached hydrogens (tertiary/aromatic N) is 1. The number of nitrogens with one attached hydrogen (secondary N) is 1. The maximum Gasteiger partial charge on any atom is 0.0436 e. The lowest BCUT2D eigenvalue weighted by Crippen LogP contribution is -2.58. The van der Waals surface area contributed by atoms with Crippen LogP contribution < -0.4 is 5.32 Å². The van der Waals surface area contributed by atoms with E-state index in [0.717, 1.165) is 26.1 Å². The first kappa shape index (κ1) is 16.7. The lowest BCUT2D eigenvalue weighted by atomic mass is 9.86.